The molecule has 0 aliphatic rings. The summed E-state index contributed by atoms with van der Waals surface area (Å²) in [5.74, 6) is -0.761. The molecule has 4 nitrogen and oxygen atoms in total. The Hall–Kier alpha value is -1.50. The van der Waals surface area contributed by atoms with Crippen LogP contribution in [0.3, 0.4) is 0 Å². The van der Waals surface area contributed by atoms with Gasteiger partial charge in [0.2, 0.25) is 0 Å². The molecule has 0 bridgehead atoms. The Balaban J connectivity index is 2.49. The molecule has 8 heteroatoms. The van der Waals surface area contributed by atoms with Gasteiger partial charge in [0.1, 0.15) is 10.7 Å². The van der Waals surface area contributed by atoms with Crippen LogP contribution in [-0.2, 0) is 10.0 Å². The third-order valence-corrected chi connectivity index (χ3v) is 4.58. The standard InChI is InChI=1S/C12H9Cl2FN2O2S/c13-7-4-5-9(15)11(6-7)17-20(18,19)12-8(14)2-1-3-10(12)16/h1-6,17H,16H2. The van der Waals surface area contributed by atoms with Crippen molar-refractivity contribution in [2.75, 3.05) is 10.5 Å². The van der Waals surface area contributed by atoms with Gasteiger partial charge in [-0.1, -0.05) is 29.3 Å². The molecule has 0 spiro atoms. The van der Waals surface area contributed by atoms with Crippen molar-refractivity contribution in [2.45, 2.75) is 4.90 Å². The Bertz CT molecular complexity index is 746. The summed E-state index contributed by atoms with van der Waals surface area (Å²) in [5.41, 5.74) is 5.29. The number of benzene rings is 2. The van der Waals surface area contributed by atoms with Gasteiger partial charge in [0.05, 0.1) is 16.4 Å². The zero-order chi connectivity index (χ0) is 14.9. The molecule has 3 N–H and O–H groups in total. The minimum Gasteiger partial charge on any atom is -0.398 e. The monoisotopic (exact) mass is 334 g/mol. The van der Waals surface area contributed by atoms with Crippen LogP contribution in [0.4, 0.5) is 15.8 Å². The topological polar surface area (TPSA) is 72.2 Å². The van der Waals surface area contributed by atoms with Gasteiger partial charge in [-0.15, -0.1) is 0 Å². The normalized spacial score (nSPS) is 11.3. The molecule has 20 heavy (non-hydrogen) atoms. The van der Waals surface area contributed by atoms with Crippen molar-refractivity contribution in [3.05, 3.63) is 52.3 Å². The summed E-state index contributed by atoms with van der Waals surface area (Å²) in [6.45, 7) is 0. The van der Waals surface area contributed by atoms with Crippen LogP contribution in [0.15, 0.2) is 41.3 Å². The number of anilines is 2. The minimum atomic E-state index is -4.12. The smallest absolute Gasteiger partial charge is 0.265 e. The van der Waals surface area contributed by atoms with Crippen molar-refractivity contribution in [1.82, 2.24) is 0 Å². The van der Waals surface area contributed by atoms with Gasteiger partial charge >= 0.3 is 0 Å². The Morgan fingerprint density at radius 3 is 2.50 bits per heavy atom. The molecule has 0 saturated carbocycles. The molecule has 106 valence electrons. The second kappa shape index (κ2) is 5.47. The summed E-state index contributed by atoms with van der Waals surface area (Å²) < 4.78 is 40.1. The van der Waals surface area contributed by atoms with Crippen LogP contribution in [0, 0.1) is 5.82 Å². The zero-order valence-electron chi connectivity index (χ0n) is 9.90. The van der Waals surface area contributed by atoms with Gasteiger partial charge in [-0.25, -0.2) is 12.8 Å². The number of nitrogens with one attached hydrogen (secondary N) is 1. The number of sulfonamides is 1. The predicted octanol–water partition coefficient (Wildman–Crippen LogP) is 3.52. The highest BCUT2D eigenvalue weighted by Crippen LogP contribution is 2.30. The van der Waals surface area contributed by atoms with Crippen molar-refractivity contribution < 1.29 is 12.8 Å². The molecule has 0 heterocycles. The first-order valence-electron chi connectivity index (χ1n) is 5.33. The van der Waals surface area contributed by atoms with E-state index in [2.05, 4.69) is 4.72 Å². The summed E-state index contributed by atoms with van der Waals surface area (Å²) >= 11 is 11.5. The average Bonchev–Trinajstić information content (AvgIpc) is 2.33. The minimum absolute atomic E-state index is 0.0348. The Morgan fingerprint density at radius 2 is 1.85 bits per heavy atom. The fraction of sp³-hybridized carbons (Fsp3) is 0. The van der Waals surface area contributed by atoms with Crippen LogP contribution in [0.2, 0.25) is 10.0 Å². The summed E-state index contributed by atoms with van der Waals surface area (Å²) in [6.07, 6.45) is 0. The lowest BCUT2D eigenvalue weighted by atomic mass is 10.3. The van der Waals surface area contributed by atoms with E-state index in [0.717, 1.165) is 12.1 Å². The third kappa shape index (κ3) is 2.98. The SMILES string of the molecule is Nc1cccc(Cl)c1S(=O)(=O)Nc1cc(Cl)ccc1F. The van der Waals surface area contributed by atoms with E-state index in [4.69, 9.17) is 28.9 Å². The second-order valence-corrected chi connectivity index (χ2v) is 6.35. The molecule has 0 aromatic heterocycles. The molecule has 0 aliphatic heterocycles. The maximum atomic E-state index is 13.6. The predicted molar refractivity (Wildman–Crippen MR) is 78.1 cm³/mol. The molecule has 2 aromatic carbocycles. The number of halogens is 3. The maximum absolute atomic E-state index is 13.6. The van der Waals surface area contributed by atoms with Gasteiger partial charge in [0.15, 0.2) is 0 Å². The van der Waals surface area contributed by atoms with E-state index in [9.17, 15) is 12.8 Å². The van der Waals surface area contributed by atoms with Crippen molar-refractivity contribution >= 4 is 44.6 Å². The Morgan fingerprint density at radius 1 is 1.15 bits per heavy atom. The largest absolute Gasteiger partial charge is 0.398 e. The van der Waals surface area contributed by atoms with E-state index in [1.165, 1.54) is 24.3 Å². The van der Waals surface area contributed by atoms with Crippen molar-refractivity contribution in [2.24, 2.45) is 0 Å². The highest BCUT2D eigenvalue weighted by Gasteiger charge is 2.22. The quantitative estimate of drug-likeness (QED) is 0.843. The van der Waals surface area contributed by atoms with Gasteiger partial charge in [-0.2, -0.15) is 0 Å². The summed E-state index contributed by atoms with van der Waals surface area (Å²) in [7, 11) is -4.12. The zero-order valence-corrected chi connectivity index (χ0v) is 12.2. The van der Waals surface area contributed by atoms with E-state index >= 15 is 0 Å². The van der Waals surface area contributed by atoms with Gasteiger partial charge in [-0.05, 0) is 30.3 Å². The third-order valence-electron chi connectivity index (χ3n) is 2.44. The van der Waals surface area contributed by atoms with Gasteiger partial charge in [-0.3, -0.25) is 4.72 Å². The number of nitrogen functional groups attached to an aromatic ring is 1. The lowest BCUT2D eigenvalue weighted by Gasteiger charge is -2.12. The lowest BCUT2D eigenvalue weighted by molar-refractivity contribution is 0.599. The Kier molecular flexibility index (Phi) is 4.08. The van der Waals surface area contributed by atoms with E-state index in [-0.39, 0.29) is 26.3 Å². The molecule has 0 fully saturated rings. The van der Waals surface area contributed by atoms with Crippen LogP contribution in [0.5, 0.6) is 0 Å². The second-order valence-electron chi connectivity index (χ2n) is 3.89. The lowest BCUT2D eigenvalue weighted by Crippen LogP contribution is -2.16. The van der Waals surface area contributed by atoms with Crippen LogP contribution < -0.4 is 10.5 Å². The van der Waals surface area contributed by atoms with Crippen molar-refractivity contribution in [3.8, 4) is 0 Å². The molecular formula is C12H9Cl2FN2O2S. The fourth-order valence-corrected chi connectivity index (χ4v) is 3.49. The highest BCUT2D eigenvalue weighted by molar-refractivity contribution is 7.93. The van der Waals surface area contributed by atoms with Gasteiger partial charge in [0, 0.05) is 5.02 Å². The van der Waals surface area contributed by atoms with Crippen LogP contribution in [0.25, 0.3) is 0 Å². The first kappa shape index (κ1) is 14.9. The van der Waals surface area contributed by atoms with Crippen molar-refractivity contribution in [1.29, 1.82) is 0 Å². The molecule has 0 amide bonds. The van der Waals surface area contributed by atoms with Gasteiger partial charge < -0.3 is 5.73 Å². The first-order valence-corrected chi connectivity index (χ1v) is 7.57. The molecular weight excluding hydrogens is 326 g/mol. The van der Waals surface area contributed by atoms with Crippen LogP contribution in [-0.4, -0.2) is 8.42 Å². The summed E-state index contributed by atoms with van der Waals surface area (Å²) in [5, 5.41) is 0.135. The number of hydrogen-bond donors (Lipinski definition) is 2. The van der Waals surface area contributed by atoms with Crippen LogP contribution in [0.1, 0.15) is 0 Å². The fourth-order valence-electron chi connectivity index (χ4n) is 1.58. The van der Waals surface area contributed by atoms with Gasteiger partial charge in [0.25, 0.3) is 10.0 Å². The van der Waals surface area contributed by atoms with E-state index < -0.39 is 15.8 Å². The molecule has 2 aromatic rings. The summed E-state index contributed by atoms with van der Waals surface area (Å²) in [4.78, 5) is -0.305. The maximum Gasteiger partial charge on any atom is 0.265 e. The van der Waals surface area contributed by atoms with E-state index in [1.807, 2.05) is 0 Å². The molecule has 0 atom stereocenters. The molecule has 0 saturated heterocycles. The van der Waals surface area contributed by atoms with Crippen molar-refractivity contribution in [3.63, 3.8) is 0 Å². The molecule has 0 radical (unpaired) electrons. The van der Waals surface area contributed by atoms with E-state index in [1.54, 1.807) is 0 Å². The van der Waals surface area contributed by atoms with E-state index in [0.29, 0.717) is 0 Å². The summed E-state index contributed by atoms with van der Waals surface area (Å²) in [6, 6.07) is 7.78. The number of nitrogens with two attached hydrogens (primary N) is 1. The molecule has 0 unspecified atom stereocenters. The molecule has 0 aliphatic carbocycles. The average molecular weight is 335 g/mol. The number of rotatable bonds is 3. The number of hydrogen-bond acceptors (Lipinski definition) is 3. The Labute approximate surface area is 125 Å². The molecule has 2 rings (SSSR count). The first-order chi connectivity index (χ1) is 9.31. The highest BCUT2D eigenvalue weighted by atomic mass is 35.5. The van der Waals surface area contributed by atoms with Crippen LogP contribution >= 0.6 is 23.2 Å².